The minimum atomic E-state index is -0.479. The molecule has 0 saturated heterocycles. The van der Waals surface area contributed by atoms with Gasteiger partial charge in [0.2, 0.25) is 17.6 Å². The number of anilines is 1. The summed E-state index contributed by atoms with van der Waals surface area (Å²) in [4.78, 5) is 32.7. The quantitative estimate of drug-likeness (QED) is 0.465. The summed E-state index contributed by atoms with van der Waals surface area (Å²) in [6.07, 6.45) is 3.37. The van der Waals surface area contributed by atoms with Crippen LogP contribution >= 0.6 is 0 Å². The first-order valence-corrected chi connectivity index (χ1v) is 10.0. The van der Waals surface area contributed by atoms with Crippen molar-refractivity contribution < 1.29 is 24.0 Å². The molecule has 0 spiro atoms. The molecule has 3 heterocycles. The average Bonchev–Trinajstić information content (AvgIpc) is 3.38. The van der Waals surface area contributed by atoms with E-state index < -0.39 is 5.97 Å². The maximum atomic E-state index is 12.3. The molecule has 11 heteroatoms. The van der Waals surface area contributed by atoms with Crippen LogP contribution in [-0.4, -0.2) is 48.5 Å². The Kier molecular flexibility index (Phi) is 7.31. The zero-order chi connectivity index (χ0) is 22.2. The topological polar surface area (TPSA) is 145 Å². The number of esters is 1. The summed E-state index contributed by atoms with van der Waals surface area (Å²) in [5, 5.41) is 20.1. The van der Waals surface area contributed by atoms with Gasteiger partial charge in [0.1, 0.15) is 17.1 Å². The fourth-order valence-electron chi connectivity index (χ4n) is 2.73. The molecule has 3 aromatic heterocycles. The zero-order valence-corrected chi connectivity index (χ0v) is 17.4. The Bertz CT molecular complexity index is 1030. The van der Waals surface area contributed by atoms with E-state index in [2.05, 4.69) is 25.5 Å². The lowest BCUT2D eigenvalue weighted by atomic mass is 10.3. The van der Waals surface area contributed by atoms with Crippen LogP contribution in [0, 0.1) is 0 Å². The van der Waals surface area contributed by atoms with Crippen molar-refractivity contribution >= 4 is 17.7 Å². The van der Waals surface area contributed by atoms with Crippen LogP contribution in [-0.2, 0) is 22.5 Å². The number of unbranched alkanes of at least 4 members (excludes halogenated alkanes) is 1. The Morgan fingerprint density at radius 1 is 1.29 bits per heavy atom. The first-order valence-electron chi connectivity index (χ1n) is 10.0. The minimum absolute atomic E-state index is 0.0346. The molecular formula is C20H24N6O5. The van der Waals surface area contributed by atoms with Crippen LogP contribution in [0.3, 0.4) is 0 Å². The van der Waals surface area contributed by atoms with Crippen LogP contribution in [0.4, 0.5) is 5.82 Å². The van der Waals surface area contributed by atoms with Gasteiger partial charge in [-0.25, -0.2) is 9.78 Å². The van der Waals surface area contributed by atoms with E-state index in [-0.39, 0.29) is 48.6 Å². The summed E-state index contributed by atoms with van der Waals surface area (Å²) < 4.78 is 11.8. The molecule has 0 radical (unpaired) electrons. The standard InChI is InChI=1S/C20H24N6O5/c1-3-5-10-26-15(20(29)30-4-2)11-16(24-26)22-17(28)8-9-18-23-19(25-31-18)14-7-6-13(27)12-21-14/h6-7,11-12,27H,3-5,8-10H2,1-2H3,(H,22,24,28). The van der Waals surface area contributed by atoms with Gasteiger partial charge < -0.3 is 19.7 Å². The van der Waals surface area contributed by atoms with Gasteiger partial charge in [-0.3, -0.25) is 9.48 Å². The lowest BCUT2D eigenvalue weighted by Gasteiger charge is -2.05. The molecule has 1 amide bonds. The summed E-state index contributed by atoms with van der Waals surface area (Å²) >= 11 is 0. The number of hydrogen-bond donors (Lipinski definition) is 2. The summed E-state index contributed by atoms with van der Waals surface area (Å²) in [5.41, 5.74) is 0.745. The number of nitrogens with zero attached hydrogens (tertiary/aromatic N) is 5. The normalized spacial score (nSPS) is 10.8. The molecule has 0 bridgehead atoms. The van der Waals surface area contributed by atoms with E-state index in [0.717, 1.165) is 12.8 Å². The molecule has 0 aliphatic heterocycles. The predicted molar refractivity (Wildman–Crippen MR) is 109 cm³/mol. The Balaban J connectivity index is 1.59. The van der Waals surface area contributed by atoms with Crippen molar-refractivity contribution in [3.8, 4) is 17.3 Å². The lowest BCUT2D eigenvalue weighted by Crippen LogP contribution is -2.14. The van der Waals surface area contributed by atoms with Crippen molar-refractivity contribution in [3.05, 3.63) is 36.0 Å². The summed E-state index contributed by atoms with van der Waals surface area (Å²) in [6.45, 7) is 4.58. The van der Waals surface area contributed by atoms with Crippen molar-refractivity contribution in [2.24, 2.45) is 0 Å². The third-order valence-electron chi connectivity index (χ3n) is 4.27. The second kappa shape index (κ2) is 10.3. The second-order valence-corrected chi connectivity index (χ2v) is 6.67. The number of rotatable bonds is 10. The van der Waals surface area contributed by atoms with Crippen molar-refractivity contribution in [1.82, 2.24) is 24.9 Å². The van der Waals surface area contributed by atoms with E-state index in [1.807, 2.05) is 6.92 Å². The highest BCUT2D eigenvalue weighted by Gasteiger charge is 2.18. The largest absolute Gasteiger partial charge is 0.506 e. The maximum absolute atomic E-state index is 12.3. The molecule has 31 heavy (non-hydrogen) atoms. The minimum Gasteiger partial charge on any atom is -0.506 e. The molecule has 3 aromatic rings. The Morgan fingerprint density at radius 3 is 2.84 bits per heavy atom. The van der Waals surface area contributed by atoms with Crippen LogP contribution in [0.15, 0.2) is 28.9 Å². The van der Waals surface area contributed by atoms with E-state index in [1.165, 1.54) is 18.3 Å². The number of carbonyl (C=O) groups is 2. The van der Waals surface area contributed by atoms with E-state index in [4.69, 9.17) is 9.26 Å². The molecule has 0 fully saturated rings. The maximum Gasteiger partial charge on any atom is 0.356 e. The fourth-order valence-corrected chi connectivity index (χ4v) is 2.73. The lowest BCUT2D eigenvalue weighted by molar-refractivity contribution is -0.116. The first kappa shape index (κ1) is 21.9. The van der Waals surface area contributed by atoms with Crippen molar-refractivity contribution in [3.63, 3.8) is 0 Å². The first-order chi connectivity index (χ1) is 15.0. The van der Waals surface area contributed by atoms with E-state index in [9.17, 15) is 14.7 Å². The zero-order valence-electron chi connectivity index (χ0n) is 17.4. The number of aromatic hydroxyl groups is 1. The summed E-state index contributed by atoms with van der Waals surface area (Å²) in [5.74, 6) is 0.0758. The molecule has 0 aliphatic rings. The van der Waals surface area contributed by atoms with E-state index >= 15 is 0 Å². The van der Waals surface area contributed by atoms with Crippen molar-refractivity contribution in [2.75, 3.05) is 11.9 Å². The van der Waals surface area contributed by atoms with Gasteiger partial charge in [0.05, 0.1) is 12.8 Å². The number of hydrogen-bond acceptors (Lipinski definition) is 9. The van der Waals surface area contributed by atoms with E-state index in [0.29, 0.717) is 17.9 Å². The third kappa shape index (κ3) is 5.87. The SMILES string of the molecule is CCCCn1nc(NC(=O)CCc2nc(-c3ccc(O)cn3)no2)cc1C(=O)OCC. The molecule has 0 atom stereocenters. The Morgan fingerprint density at radius 2 is 2.13 bits per heavy atom. The predicted octanol–water partition coefficient (Wildman–Crippen LogP) is 2.58. The van der Waals surface area contributed by atoms with Gasteiger partial charge in [0.25, 0.3) is 0 Å². The second-order valence-electron chi connectivity index (χ2n) is 6.67. The van der Waals surface area contributed by atoms with Gasteiger partial charge in [0, 0.05) is 25.5 Å². The molecule has 11 nitrogen and oxygen atoms in total. The average molecular weight is 428 g/mol. The molecule has 0 saturated carbocycles. The number of aromatic nitrogens is 5. The molecule has 0 unspecified atom stereocenters. The van der Waals surface area contributed by atoms with Gasteiger partial charge >= 0.3 is 5.97 Å². The number of aryl methyl sites for hydroxylation is 2. The van der Waals surface area contributed by atoms with Gasteiger partial charge in [-0.05, 0) is 25.5 Å². The van der Waals surface area contributed by atoms with Crippen LogP contribution in [0.2, 0.25) is 0 Å². The fraction of sp³-hybridized carbons (Fsp3) is 0.400. The highest BCUT2D eigenvalue weighted by molar-refractivity contribution is 5.93. The summed E-state index contributed by atoms with van der Waals surface area (Å²) in [6, 6.07) is 4.54. The molecular weight excluding hydrogens is 404 g/mol. The van der Waals surface area contributed by atoms with Gasteiger partial charge in [0.15, 0.2) is 5.82 Å². The number of carbonyl (C=O) groups excluding carboxylic acids is 2. The number of pyridine rings is 1. The number of amides is 1. The molecule has 0 aromatic carbocycles. The van der Waals surface area contributed by atoms with Crippen LogP contribution < -0.4 is 5.32 Å². The summed E-state index contributed by atoms with van der Waals surface area (Å²) in [7, 11) is 0. The highest BCUT2D eigenvalue weighted by atomic mass is 16.5. The Hall–Kier alpha value is -3.76. The Labute approximate surface area is 178 Å². The van der Waals surface area contributed by atoms with Gasteiger partial charge in [-0.1, -0.05) is 18.5 Å². The van der Waals surface area contributed by atoms with E-state index in [1.54, 1.807) is 17.7 Å². The molecule has 164 valence electrons. The molecule has 0 aliphatic carbocycles. The molecule has 2 N–H and O–H groups in total. The van der Waals surface area contributed by atoms with Crippen LogP contribution in [0.1, 0.15) is 49.5 Å². The highest BCUT2D eigenvalue weighted by Crippen LogP contribution is 2.17. The molecule has 3 rings (SSSR count). The third-order valence-corrected chi connectivity index (χ3v) is 4.27. The van der Waals surface area contributed by atoms with Crippen LogP contribution in [0.5, 0.6) is 5.75 Å². The van der Waals surface area contributed by atoms with Crippen molar-refractivity contribution in [2.45, 2.75) is 46.1 Å². The van der Waals surface area contributed by atoms with Crippen molar-refractivity contribution in [1.29, 1.82) is 0 Å². The van der Waals surface area contributed by atoms with Gasteiger partial charge in [-0.2, -0.15) is 10.1 Å². The number of nitrogens with one attached hydrogen (secondary N) is 1. The van der Waals surface area contributed by atoms with Gasteiger partial charge in [-0.15, -0.1) is 0 Å². The number of ether oxygens (including phenoxy) is 1. The monoisotopic (exact) mass is 428 g/mol. The smallest absolute Gasteiger partial charge is 0.356 e. The van der Waals surface area contributed by atoms with Crippen LogP contribution in [0.25, 0.3) is 11.5 Å².